The number of nitrogens with two attached hydrogens (primary N) is 1. The minimum atomic E-state index is 0.474. The summed E-state index contributed by atoms with van der Waals surface area (Å²) in [6.07, 6.45) is 5.61. The quantitative estimate of drug-likeness (QED) is 0.747. The first-order chi connectivity index (χ1) is 5.74. The van der Waals surface area contributed by atoms with Gasteiger partial charge in [0.1, 0.15) is 5.82 Å². The van der Waals surface area contributed by atoms with Crippen LogP contribution in [-0.2, 0) is 0 Å². The van der Waals surface area contributed by atoms with Gasteiger partial charge in [0.25, 0.3) is 0 Å². The molecule has 0 aliphatic heterocycles. The van der Waals surface area contributed by atoms with E-state index < -0.39 is 0 Å². The van der Waals surface area contributed by atoms with Gasteiger partial charge in [0.15, 0.2) is 0 Å². The fourth-order valence-electron chi connectivity index (χ4n) is 1.23. The zero-order valence-corrected chi connectivity index (χ0v) is 7.83. The van der Waals surface area contributed by atoms with Crippen LogP contribution < -0.4 is 5.73 Å². The standard InChI is InChI=1S/C9H17N3/c1-3-4-5-8(2)12-7-6-9(10)11-12/h6-8H,3-5H2,1-2H3,(H2,10,11). The third-order valence-corrected chi connectivity index (χ3v) is 2.06. The van der Waals surface area contributed by atoms with Crippen molar-refractivity contribution in [2.24, 2.45) is 0 Å². The maximum absolute atomic E-state index is 5.51. The molecule has 0 spiro atoms. The number of hydrogen-bond acceptors (Lipinski definition) is 2. The summed E-state index contributed by atoms with van der Waals surface area (Å²) >= 11 is 0. The fourth-order valence-corrected chi connectivity index (χ4v) is 1.23. The molecule has 0 saturated heterocycles. The van der Waals surface area contributed by atoms with Crippen LogP contribution in [0, 0.1) is 0 Å². The lowest BCUT2D eigenvalue weighted by molar-refractivity contribution is 0.445. The minimum absolute atomic E-state index is 0.474. The SMILES string of the molecule is CCCCC(C)n1ccc(N)n1. The second-order valence-electron chi connectivity index (χ2n) is 3.21. The van der Waals surface area contributed by atoms with E-state index in [2.05, 4.69) is 18.9 Å². The van der Waals surface area contributed by atoms with Crippen LogP contribution in [0.5, 0.6) is 0 Å². The Morgan fingerprint density at radius 3 is 2.92 bits per heavy atom. The van der Waals surface area contributed by atoms with Crippen LogP contribution in [0.4, 0.5) is 5.82 Å². The molecule has 0 radical (unpaired) electrons. The predicted octanol–water partition coefficient (Wildman–Crippen LogP) is 2.22. The van der Waals surface area contributed by atoms with E-state index in [-0.39, 0.29) is 0 Å². The summed E-state index contributed by atoms with van der Waals surface area (Å²) in [5.41, 5.74) is 5.51. The molecule has 1 aromatic rings. The number of aromatic nitrogens is 2. The lowest BCUT2D eigenvalue weighted by Crippen LogP contribution is -2.05. The van der Waals surface area contributed by atoms with Crippen LogP contribution in [0.15, 0.2) is 12.3 Å². The van der Waals surface area contributed by atoms with Crippen LogP contribution in [0.1, 0.15) is 39.2 Å². The van der Waals surface area contributed by atoms with Crippen molar-refractivity contribution in [3.05, 3.63) is 12.3 Å². The number of rotatable bonds is 4. The Bertz CT molecular complexity index is 229. The van der Waals surface area contributed by atoms with Crippen molar-refractivity contribution in [3.8, 4) is 0 Å². The minimum Gasteiger partial charge on any atom is -0.382 e. The molecule has 1 rings (SSSR count). The highest BCUT2D eigenvalue weighted by Gasteiger charge is 2.03. The van der Waals surface area contributed by atoms with E-state index in [4.69, 9.17) is 5.73 Å². The van der Waals surface area contributed by atoms with Crippen molar-refractivity contribution in [3.63, 3.8) is 0 Å². The number of nitrogen functional groups attached to an aromatic ring is 1. The molecule has 1 unspecified atom stereocenters. The van der Waals surface area contributed by atoms with E-state index in [0.717, 1.165) is 0 Å². The Morgan fingerprint density at radius 1 is 1.67 bits per heavy atom. The van der Waals surface area contributed by atoms with Gasteiger partial charge in [-0.25, -0.2) is 0 Å². The molecule has 3 heteroatoms. The molecule has 1 heterocycles. The molecule has 1 atom stereocenters. The predicted molar refractivity (Wildman–Crippen MR) is 50.9 cm³/mol. The first-order valence-corrected chi connectivity index (χ1v) is 4.54. The lowest BCUT2D eigenvalue weighted by atomic mass is 10.1. The molecule has 3 nitrogen and oxygen atoms in total. The molecular weight excluding hydrogens is 150 g/mol. The van der Waals surface area contributed by atoms with Gasteiger partial charge in [0.2, 0.25) is 0 Å². The van der Waals surface area contributed by atoms with Crippen LogP contribution >= 0.6 is 0 Å². The van der Waals surface area contributed by atoms with Crippen LogP contribution in [-0.4, -0.2) is 9.78 Å². The first-order valence-electron chi connectivity index (χ1n) is 4.54. The maximum atomic E-state index is 5.51. The molecule has 0 bridgehead atoms. The van der Waals surface area contributed by atoms with Crippen molar-refractivity contribution in [2.45, 2.75) is 39.2 Å². The summed E-state index contributed by atoms with van der Waals surface area (Å²) in [4.78, 5) is 0. The molecule has 0 amide bonds. The van der Waals surface area contributed by atoms with Gasteiger partial charge in [-0.15, -0.1) is 0 Å². The fraction of sp³-hybridized carbons (Fsp3) is 0.667. The maximum Gasteiger partial charge on any atom is 0.145 e. The van der Waals surface area contributed by atoms with Crippen LogP contribution in [0.25, 0.3) is 0 Å². The van der Waals surface area contributed by atoms with E-state index in [0.29, 0.717) is 11.9 Å². The van der Waals surface area contributed by atoms with Gasteiger partial charge in [-0.1, -0.05) is 19.8 Å². The van der Waals surface area contributed by atoms with Crippen LogP contribution in [0.2, 0.25) is 0 Å². The van der Waals surface area contributed by atoms with E-state index >= 15 is 0 Å². The summed E-state index contributed by atoms with van der Waals surface area (Å²) in [6.45, 7) is 4.37. The van der Waals surface area contributed by atoms with Gasteiger partial charge < -0.3 is 5.73 Å². The Balaban J connectivity index is 2.47. The number of hydrogen-bond donors (Lipinski definition) is 1. The van der Waals surface area contributed by atoms with E-state index in [1.807, 2.05) is 16.9 Å². The van der Waals surface area contributed by atoms with Gasteiger partial charge in [0.05, 0.1) is 0 Å². The summed E-state index contributed by atoms with van der Waals surface area (Å²) < 4.78 is 1.94. The number of unbranched alkanes of at least 4 members (excludes halogenated alkanes) is 1. The molecule has 2 N–H and O–H groups in total. The Hall–Kier alpha value is -0.990. The zero-order valence-electron chi connectivity index (χ0n) is 7.83. The topological polar surface area (TPSA) is 43.8 Å². The second-order valence-corrected chi connectivity index (χ2v) is 3.21. The van der Waals surface area contributed by atoms with E-state index in [1.54, 1.807) is 0 Å². The molecule has 12 heavy (non-hydrogen) atoms. The van der Waals surface area contributed by atoms with Crippen molar-refractivity contribution >= 4 is 5.82 Å². The summed E-state index contributed by atoms with van der Waals surface area (Å²) in [6, 6.07) is 2.31. The van der Waals surface area contributed by atoms with Crippen LogP contribution in [0.3, 0.4) is 0 Å². The van der Waals surface area contributed by atoms with Crippen molar-refractivity contribution in [1.82, 2.24) is 9.78 Å². The molecular formula is C9H17N3. The average Bonchev–Trinajstić information content (AvgIpc) is 2.47. The second kappa shape index (κ2) is 4.14. The summed E-state index contributed by atoms with van der Waals surface area (Å²) in [5.74, 6) is 0.610. The summed E-state index contributed by atoms with van der Waals surface area (Å²) in [5, 5.41) is 4.16. The monoisotopic (exact) mass is 167 g/mol. The highest BCUT2D eigenvalue weighted by Crippen LogP contribution is 2.13. The number of nitrogens with zero attached hydrogens (tertiary/aromatic N) is 2. The van der Waals surface area contributed by atoms with E-state index in [9.17, 15) is 0 Å². The molecule has 0 aliphatic rings. The van der Waals surface area contributed by atoms with Gasteiger partial charge >= 0.3 is 0 Å². The first kappa shape index (κ1) is 9.10. The molecule has 0 fully saturated rings. The highest BCUT2D eigenvalue weighted by atomic mass is 15.3. The average molecular weight is 167 g/mol. The zero-order chi connectivity index (χ0) is 8.97. The smallest absolute Gasteiger partial charge is 0.145 e. The van der Waals surface area contributed by atoms with Gasteiger partial charge in [-0.3, -0.25) is 4.68 Å². The molecule has 0 aromatic carbocycles. The Morgan fingerprint density at radius 2 is 2.42 bits per heavy atom. The van der Waals surface area contributed by atoms with Gasteiger partial charge in [0, 0.05) is 12.2 Å². The third kappa shape index (κ3) is 2.26. The largest absolute Gasteiger partial charge is 0.382 e. The van der Waals surface area contributed by atoms with E-state index in [1.165, 1.54) is 19.3 Å². The molecule has 0 aliphatic carbocycles. The van der Waals surface area contributed by atoms with Crippen molar-refractivity contribution < 1.29 is 0 Å². The number of anilines is 1. The molecule has 68 valence electrons. The molecule has 0 saturated carbocycles. The molecule has 1 aromatic heterocycles. The lowest BCUT2D eigenvalue weighted by Gasteiger charge is -2.10. The van der Waals surface area contributed by atoms with Crippen molar-refractivity contribution in [2.75, 3.05) is 5.73 Å². The van der Waals surface area contributed by atoms with Crippen molar-refractivity contribution in [1.29, 1.82) is 0 Å². The van der Waals surface area contributed by atoms with Gasteiger partial charge in [-0.2, -0.15) is 5.10 Å². The summed E-state index contributed by atoms with van der Waals surface area (Å²) in [7, 11) is 0. The normalized spacial score (nSPS) is 13.2. The van der Waals surface area contributed by atoms with Gasteiger partial charge in [-0.05, 0) is 19.4 Å². The highest BCUT2D eigenvalue weighted by molar-refractivity contribution is 5.23. The Kier molecular flexibility index (Phi) is 3.14. The Labute approximate surface area is 73.6 Å². The third-order valence-electron chi connectivity index (χ3n) is 2.06.